The highest BCUT2D eigenvalue weighted by Crippen LogP contribution is 2.45. The van der Waals surface area contributed by atoms with Gasteiger partial charge < -0.3 is 39.4 Å². The number of aliphatic hydroxyl groups is 1. The van der Waals surface area contributed by atoms with Gasteiger partial charge in [-0.05, 0) is 58.7 Å². The number of carbonyl (C=O) groups excluding carboxylic acids is 5. The number of hydrogen-bond donors (Lipinski definition) is 3. The van der Waals surface area contributed by atoms with Crippen LogP contribution in [0.1, 0.15) is 63.2 Å². The first-order valence-electron chi connectivity index (χ1n) is 18.2. The summed E-state index contributed by atoms with van der Waals surface area (Å²) in [5.41, 5.74) is 3.71. The van der Waals surface area contributed by atoms with Crippen LogP contribution in [0.15, 0.2) is 90.5 Å². The van der Waals surface area contributed by atoms with Crippen molar-refractivity contribution in [1.29, 1.82) is 0 Å². The molecule has 2 fully saturated rings. The SMILES string of the molecule is CC1(C)COC(=O)C1OC(=O)C=Cc1cccc(C(=O)OC2CC(C(=O)NCc3cccc(C(=O)NCCO)c3)=CC3OC4(Cc5ccccc5C4)OC32)c1. The topological polar surface area (TPSA) is 176 Å². The van der Waals surface area contributed by atoms with Crippen LogP contribution >= 0.6 is 0 Å². The quantitative estimate of drug-likeness (QED) is 0.149. The van der Waals surface area contributed by atoms with Gasteiger partial charge in [0.15, 0.2) is 5.79 Å². The minimum atomic E-state index is -1.02. The molecule has 2 heterocycles. The molecule has 1 spiro atoms. The van der Waals surface area contributed by atoms with Gasteiger partial charge in [0.05, 0.1) is 12.2 Å². The molecule has 0 bridgehead atoms. The molecule has 4 unspecified atom stereocenters. The summed E-state index contributed by atoms with van der Waals surface area (Å²) >= 11 is 0. The predicted octanol–water partition coefficient (Wildman–Crippen LogP) is 3.37. The summed E-state index contributed by atoms with van der Waals surface area (Å²) in [5.74, 6) is -3.68. The second kappa shape index (κ2) is 15.6. The molecule has 2 saturated heterocycles. The molecule has 2 aliphatic heterocycles. The van der Waals surface area contributed by atoms with Crippen LogP contribution in [0.4, 0.5) is 0 Å². The van der Waals surface area contributed by atoms with E-state index < -0.39 is 53.5 Å². The van der Waals surface area contributed by atoms with E-state index in [0.29, 0.717) is 35.1 Å². The average molecular weight is 751 g/mol. The van der Waals surface area contributed by atoms with Gasteiger partial charge >= 0.3 is 17.9 Å². The number of hydrogen-bond acceptors (Lipinski definition) is 11. The van der Waals surface area contributed by atoms with E-state index in [-0.39, 0.29) is 50.1 Å². The zero-order chi connectivity index (χ0) is 38.7. The highest BCUT2D eigenvalue weighted by atomic mass is 16.8. The molecule has 3 N–H and O–H groups in total. The van der Waals surface area contributed by atoms with Gasteiger partial charge in [0, 0.05) is 55.0 Å². The summed E-state index contributed by atoms with van der Waals surface area (Å²) in [5, 5.41) is 14.6. The Labute approximate surface area is 317 Å². The molecule has 3 aromatic rings. The number of benzene rings is 3. The Bertz CT molecular complexity index is 2050. The second-order valence-electron chi connectivity index (χ2n) is 14.8. The molecule has 0 saturated carbocycles. The van der Waals surface area contributed by atoms with Gasteiger partial charge in [0.1, 0.15) is 24.9 Å². The maximum atomic E-state index is 13.7. The van der Waals surface area contributed by atoms with E-state index in [0.717, 1.165) is 11.1 Å². The van der Waals surface area contributed by atoms with Crippen molar-refractivity contribution in [2.75, 3.05) is 19.8 Å². The number of amides is 2. The Hall–Kier alpha value is -5.63. The van der Waals surface area contributed by atoms with Gasteiger partial charge in [-0.15, -0.1) is 0 Å². The van der Waals surface area contributed by atoms with Gasteiger partial charge in [-0.1, -0.05) is 62.4 Å². The Morgan fingerprint density at radius 2 is 1.64 bits per heavy atom. The Kier molecular flexibility index (Phi) is 10.7. The fourth-order valence-corrected chi connectivity index (χ4v) is 7.28. The zero-order valence-corrected chi connectivity index (χ0v) is 30.4. The molecular formula is C42H42N2O11. The van der Waals surface area contributed by atoms with E-state index in [9.17, 15) is 24.0 Å². The van der Waals surface area contributed by atoms with Crippen LogP contribution in [0.3, 0.4) is 0 Å². The number of ether oxygens (including phenoxy) is 5. The van der Waals surface area contributed by atoms with Crippen molar-refractivity contribution < 1.29 is 52.8 Å². The van der Waals surface area contributed by atoms with Crippen LogP contribution in [0, 0.1) is 5.41 Å². The molecule has 3 aromatic carbocycles. The average Bonchev–Trinajstić information content (AvgIpc) is 3.82. The third kappa shape index (κ3) is 8.39. The van der Waals surface area contributed by atoms with Gasteiger partial charge in [-0.2, -0.15) is 0 Å². The molecule has 55 heavy (non-hydrogen) atoms. The highest BCUT2D eigenvalue weighted by molar-refractivity contribution is 5.96. The van der Waals surface area contributed by atoms with Crippen molar-refractivity contribution in [2.24, 2.45) is 5.41 Å². The number of aliphatic hydroxyl groups excluding tert-OH is 1. The number of rotatable bonds is 11. The number of esters is 3. The van der Waals surface area contributed by atoms with Crippen molar-refractivity contribution in [2.45, 2.75) is 69.9 Å². The fraction of sp³-hybridized carbons (Fsp3) is 0.357. The molecule has 7 rings (SSSR count). The normalized spacial score (nSPS) is 23.0. The van der Waals surface area contributed by atoms with Gasteiger partial charge in [-0.3, -0.25) is 9.59 Å². The molecule has 286 valence electrons. The highest BCUT2D eigenvalue weighted by Gasteiger charge is 2.55. The van der Waals surface area contributed by atoms with Crippen LogP contribution in [0.2, 0.25) is 0 Å². The number of cyclic esters (lactones) is 1. The molecule has 2 aliphatic carbocycles. The Morgan fingerprint density at radius 3 is 2.36 bits per heavy atom. The minimum absolute atomic E-state index is 0.0557. The van der Waals surface area contributed by atoms with E-state index in [4.69, 9.17) is 28.8 Å². The zero-order valence-electron chi connectivity index (χ0n) is 30.4. The van der Waals surface area contributed by atoms with Crippen LogP contribution in [-0.2, 0) is 57.5 Å². The third-order valence-corrected chi connectivity index (χ3v) is 10.1. The van der Waals surface area contributed by atoms with Crippen LogP contribution in [-0.4, -0.2) is 84.8 Å². The molecule has 13 heteroatoms. The van der Waals surface area contributed by atoms with E-state index in [1.165, 1.54) is 12.2 Å². The van der Waals surface area contributed by atoms with E-state index in [1.54, 1.807) is 68.5 Å². The maximum absolute atomic E-state index is 13.7. The van der Waals surface area contributed by atoms with Crippen LogP contribution in [0.25, 0.3) is 6.08 Å². The minimum Gasteiger partial charge on any atom is -0.462 e. The van der Waals surface area contributed by atoms with E-state index in [1.807, 2.05) is 24.3 Å². The van der Waals surface area contributed by atoms with Crippen molar-refractivity contribution >= 4 is 35.8 Å². The van der Waals surface area contributed by atoms with Crippen molar-refractivity contribution in [1.82, 2.24) is 10.6 Å². The Balaban J connectivity index is 1.05. The first-order chi connectivity index (χ1) is 26.4. The van der Waals surface area contributed by atoms with Gasteiger partial charge in [-0.25, -0.2) is 14.4 Å². The summed E-state index contributed by atoms with van der Waals surface area (Å²) in [4.78, 5) is 64.4. The summed E-state index contributed by atoms with van der Waals surface area (Å²) < 4.78 is 29.7. The smallest absolute Gasteiger partial charge is 0.348 e. The third-order valence-electron chi connectivity index (χ3n) is 10.1. The summed E-state index contributed by atoms with van der Waals surface area (Å²) in [6.45, 7) is 3.77. The van der Waals surface area contributed by atoms with E-state index >= 15 is 0 Å². The number of carbonyl (C=O) groups is 5. The maximum Gasteiger partial charge on any atom is 0.348 e. The predicted molar refractivity (Wildman–Crippen MR) is 196 cm³/mol. The fourth-order valence-electron chi connectivity index (χ4n) is 7.28. The van der Waals surface area contributed by atoms with Gasteiger partial charge in [0.25, 0.3) is 5.91 Å². The van der Waals surface area contributed by atoms with Gasteiger partial charge in [0.2, 0.25) is 12.0 Å². The molecule has 2 amide bonds. The molecule has 0 radical (unpaired) electrons. The Morgan fingerprint density at radius 1 is 0.891 bits per heavy atom. The molecule has 4 atom stereocenters. The summed E-state index contributed by atoms with van der Waals surface area (Å²) in [6.07, 6.45) is 2.18. The summed E-state index contributed by atoms with van der Waals surface area (Å²) in [7, 11) is 0. The largest absolute Gasteiger partial charge is 0.462 e. The van der Waals surface area contributed by atoms with Crippen molar-refractivity contribution in [3.8, 4) is 0 Å². The lowest BCUT2D eigenvalue weighted by Gasteiger charge is -2.30. The number of nitrogens with one attached hydrogen (secondary N) is 2. The molecule has 4 aliphatic rings. The lowest BCUT2D eigenvalue weighted by atomic mass is 9.90. The van der Waals surface area contributed by atoms with Crippen LogP contribution in [0.5, 0.6) is 0 Å². The molecule has 0 aromatic heterocycles. The summed E-state index contributed by atoms with van der Waals surface area (Å²) in [6, 6.07) is 21.3. The monoisotopic (exact) mass is 750 g/mol. The molecule has 13 nitrogen and oxygen atoms in total. The molecular weight excluding hydrogens is 708 g/mol. The van der Waals surface area contributed by atoms with Crippen LogP contribution < -0.4 is 10.6 Å². The number of fused-ring (bicyclic) bond motifs is 2. The van der Waals surface area contributed by atoms with Crippen molar-refractivity contribution in [3.63, 3.8) is 0 Å². The van der Waals surface area contributed by atoms with E-state index in [2.05, 4.69) is 10.6 Å². The first kappa shape index (κ1) is 37.7. The lowest BCUT2D eigenvalue weighted by Crippen LogP contribution is -2.43. The second-order valence-corrected chi connectivity index (χ2v) is 14.8. The lowest BCUT2D eigenvalue weighted by molar-refractivity contribution is -0.172. The van der Waals surface area contributed by atoms with Crippen molar-refractivity contribution in [3.05, 3.63) is 124 Å². The standard InChI is InChI=1S/C42H42N2O11/c1-41(2)24-51-40(50)36(41)53-34(46)14-13-25-7-5-12-28(17-25)39(49)52-32-19-31(38(48)44-23-26-8-6-11-27(18-26)37(47)43-15-16-45)20-33-35(32)55-42(54-33)21-29-9-3-4-10-30(29)22-42/h3-14,17-18,20,32-33,35-36,45H,15-16,19,21-24H2,1-2H3,(H,43,47)(H,44,48). The first-order valence-corrected chi connectivity index (χ1v) is 18.2.